The second-order valence-electron chi connectivity index (χ2n) is 5.17. The van der Waals surface area contributed by atoms with Crippen LogP contribution in [0.5, 0.6) is 0 Å². The molecule has 1 aromatic rings. The third-order valence-electron chi connectivity index (χ3n) is 3.51. The standard InChI is InChI=1S/C13H21N3O3/c1-10(2)13(3,12(18)19)9-11(17)14-6-8-16-7-4-5-15-16/h4-5,7,10H,6,8-9H2,1-3H3,(H,14,17)(H,18,19). The van der Waals surface area contributed by atoms with E-state index in [0.717, 1.165) is 0 Å². The molecule has 19 heavy (non-hydrogen) atoms. The molecule has 6 nitrogen and oxygen atoms in total. The number of amides is 1. The third-order valence-corrected chi connectivity index (χ3v) is 3.51. The van der Waals surface area contributed by atoms with E-state index in [9.17, 15) is 14.7 Å². The molecule has 0 fully saturated rings. The van der Waals surface area contributed by atoms with Crippen LogP contribution in [-0.4, -0.2) is 33.3 Å². The molecule has 1 heterocycles. The fourth-order valence-electron chi connectivity index (χ4n) is 1.67. The number of hydrogen-bond donors (Lipinski definition) is 2. The number of hydrogen-bond acceptors (Lipinski definition) is 3. The van der Waals surface area contributed by atoms with E-state index in [1.54, 1.807) is 17.8 Å². The summed E-state index contributed by atoms with van der Waals surface area (Å²) in [5.41, 5.74) is -1.03. The zero-order valence-corrected chi connectivity index (χ0v) is 11.6. The van der Waals surface area contributed by atoms with E-state index in [-0.39, 0.29) is 18.2 Å². The van der Waals surface area contributed by atoms with E-state index >= 15 is 0 Å². The van der Waals surface area contributed by atoms with Crippen molar-refractivity contribution < 1.29 is 14.7 Å². The molecule has 1 atom stereocenters. The highest BCUT2D eigenvalue weighted by Crippen LogP contribution is 2.31. The summed E-state index contributed by atoms with van der Waals surface area (Å²) in [6, 6.07) is 1.81. The van der Waals surface area contributed by atoms with Crippen molar-refractivity contribution in [2.75, 3.05) is 6.54 Å². The lowest BCUT2D eigenvalue weighted by Crippen LogP contribution is -2.39. The first-order chi connectivity index (χ1) is 8.86. The van der Waals surface area contributed by atoms with Gasteiger partial charge in [0.15, 0.2) is 0 Å². The van der Waals surface area contributed by atoms with Crippen LogP contribution in [0.15, 0.2) is 18.5 Å². The molecular formula is C13H21N3O3. The van der Waals surface area contributed by atoms with Crippen LogP contribution in [0.2, 0.25) is 0 Å². The van der Waals surface area contributed by atoms with Gasteiger partial charge in [0.1, 0.15) is 0 Å². The zero-order chi connectivity index (χ0) is 14.5. The van der Waals surface area contributed by atoms with Gasteiger partial charge in [-0.2, -0.15) is 5.10 Å². The minimum atomic E-state index is -1.03. The summed E-state index contributed by atoms with van der Waals surface area (Å²) in [6.45, 7) is 6.24. The number of aromatic nitrogens is 2. The van der Waals surface area contributed by atoms with Crippen molar-refractivity contribution in [3.8, 4) is 0 Å². The van der Waals surface area contributed by atoms with Crippen molar-refractivity contribution in [3.05, 3.63) is 18.5 Å². The van der Waals surface area contributed by atoms with Gasteiger partial charge in [0.25, 0.3) is 0 Å². The number of carboxylic acids is 1. The third kappa shape index (κ3) is 4.08. The predicted octanol–water partition coefficient (Wildman–Crippen LogP) is 1.14. The summed E-state index contributed by atoms with van der Waals surface area (Å²) in [6.07, 6.45) is 3.46. The Morgan fingerprint density at radius 2 is 2.16 bits per heavy atom. The predicted molar refractivity (Wildman–Crippen MR) is 70.4 cm³/mol. The minimum Gasteiger partial charge on any atom is -0.481 e. The molecular weight excluding hydrogens is 246 g/mol. The van der Waals surface area contributed by atoms with Gasteiger partial charge in [0, 0.05) is 25.4 Å². The largest absolute Gasteiger partial charge is 0.481 e. The van der Waals surface area contributed by atoms with Gasteiger partial charge in [-0.25, -0.2) is 0 Å². The zero-order valence-electron chi connectivity index (χ0n) is 11.6. The van der Waals surface area contributed by atoms with Crippen molar-refractivity contribution in [2.45, 2.75) is 33.7 Å². The minimum absolute atomic E-state index is 0.0148. The Morgan fingerprint density at radius 3 is 2.63 bits per heavy atom. The maximum atomic E-state index is 11.8. The number of carbonyl (C=O) groups excluding carboxylic acids is 1. The van der Waals surface area contributed by atoms with E-state index < -0.39 is 11.4 Å². The van der Waals surface area contributed by atoms with Gasteiger partial charge in [-0.05, 0) is 18.9 Å². The van der Waals surface area contributed by atoms with E-state index in [2.05, 4.69) is 10.4 Å². The normalized spacial score (nSPS) is 14.1. The van der Waals surface area contributed by atoms with Crippen LogP contribution in [-0.2, 0) is 16.1 Å². The van der Waals surface area contributed by atoms with Crippen LogP contribution >= 0.6 is 0 Å². The highest BCUT2D eigenvalue weighted by atomic mass is 16.4. The highest BCUT2D eigenvalue weighted by molar-refractivity contribution is 5.84. The van der Waals surface area contributed by atoms with Crippen molar-refractivity contribution in [3.63, 3.8) is 0 Å². The number of nitrogens with zero attached hydrogens (tertiary/aromatic N) is 2. The molecule has 0 saturated heterocycles. The smallest absolute Gasteiger partial charge is 0.310 e. The van der Waals surface area contributed by atoms with Crippen molar-refractivity contribution in [1.29, 1.82) is 0 Å². The topological polar surface area (TPSA) is 84.2 Å². The molecule has 6 heteroatoms. The number of nitrogens with one attached hydrogen (secondary N) is 1. The van der Waals surface area contributed by atoms with Crippen LogP contribution < -0.4 is 5.32 Å². The summed E-state index contributed by atoms with van der Waals surface area (Å²) in [4.78, 5) is 23.1. The van der Waals surface area contributed by atoms with Crippen LogP contribution in [0.4, 0.5) is 0 Å². The molecule has 0 aliphatic carbocycles. The maximum Gasteiger partial charge on any atom is 0.310 e. The van der Waals surface area contributed by atoms with E-state index in [1.807, 2.05) is 26.1 Å². The van der Waals surface area contributed by atoms with Gasteiger partial charge in [0.05, 0.1) is 12.0 Å². The van der Waals surface area contributed by atoms with Gasteiger partial charge in [-0.1, -0.05) is 13.8 Å². The first-order valence-electron chi connectivity index (χ1n) is 6.34. The fourth-order valence-corrected chi connectivity index (χ4v) is 1.67. The van der Waals surface area contributed by atoms with Gasteiger partial charge in [0.2, 0.25) is 5.91 Å². The Balaban J connectivity index is 2.43. The lowest BCUT2D eigenvalue weighted by atomic mass is 9.76. The molecule has 0 aromatic carbocycles. The summed E-state index contributed by atoms with van der Waals surface area (Å²) in [5, 5.41) is 16.0. The Kier molecular flexibility index (Phi) is 5.09. The van der Waals surface area contributed by atoms with E-state index in [1.165, 1.54) is 0 Å². The molecule has 2 N–H and O–H groups in total. The van der Waals surface area contributed by atoms with Crippen molar-refractivity contribution >= 4 is 11.9 Å². The Labute approximate surface area is 112 Å². The molecule has 1 aromatic heterocycles. The molecule has 0 aliphatic rings. The molecule has 0 spiro atoms. The average Bonchev–Trinajstić information content (AvgIpc) is 2.81. The molecule has 0 radical (unpaired) electrons. The van der Waals surface area contributed by atoms with Gasteiger partial charge in [-0.15, -0.1) is 0 Å². The molecule has 1 rings (SSSR count). The molecule has 0 saturated carbocycles. The molecule has 0 bridgehead atoms. The molecule has 0 aliphatic heterocycles. The first-order valence-corrected chi connectivity index (χ1v) is 6.34. The molecule has 106 valence electrons. The van der Waals surface area contributed by atoms with Crippen LogP contribution in [0.25, 0.3) is 0 Å². The lowest BCUT2D eigenvalue weighted by molar-refractivity contribution is -0.153. The van der Waals surface area contributed by atoms with E-state index in [0.29, 0.717) is 13.1 Å². The fraction of sp³-hybridized carbons (Fsp3) is 0.615. The quantitative estimate of drug-likeness (QED) is 0.775. The summed E-state index contributed by atoms with van der Waals surface area (Å²) < 4.78 is 1.71. The second-order valence-corrected chi connectivity index (χ2v) is 5.17. The first kappa shape index (κ1) is 15.2. The maximum absolute atomic E-state index is 11.8. The lowest BCUT2D eigenvalue weighted by Gasteiger charge is -2.28. The van der Waals surface area contributed by atoms with Gasteiger partial charge in [-0.3, -0.25) is 14.3 Å². The van der Waals surface area contributed by atoms with Crippen LogP contribution in [0.1, 0.15) is 27.2 Å². The summed E-state index contributed by atoms with van der Waals surface area (Å²) in [7, 11) is 0. The SMILES string of the molecule is CC(C)C(C)(CC(=O)NCCn1cccn1)C(=O)O. The van der Waals surface area contributed by atoms with E-state index in [4.69, 9.17) is 0 Å². The summed E-state index contributed by atoms with van der Waals surface area (Å²) >= 11 is 0. The Bertz CT molecular complexity index is 428. The molecule has 1 unspecified atom stereocenters. The highest BCUT2D eigenvalue weighted by Gasteiger charge is 2.38. The Hall–Kier alpha value is -1.85. The number of rotatable bonds is 7. The molecule has 1 amide bonds. The van der Waals surface area contributed by atoms with Gasteiger partial charge >= 0.3 is 5.97 Å². The number of carbonyl (C=O) groups is 2. The van der Waals surface area contributed by atoms with Crippen molar-refractivity contribution in [1.82, 2.24) is 15.1 Å². The summed E-state index contributed by atoms with van der Waals surface area (Å²) in [5.74, 6) is -1.29. The van der Waals surface area contributed by atoms with Gasteiger partial charge < -0.3 is 10.4 Å². The Morgan fingerprint density at radius 1 is 1.47 bits per heavy atom. The second kappa shape index (κ2) is 6.36. The number of carboxylic acid groups (broad SMARTS) is 1. The van der Waals surface area contributed by atoms with Crippen molar-refractivity contribution in [2.24, 2.45) is 11.3 Å². The van der Waals surface area contributed by atoms with Crippen LogP contribution in [0, 0.1) is 11.3 Å². The average molecular weight is 267 g/mol. The van der Waals surface area contributed by atoms with Crippen LogP contribution in [0.3, 0.4) is 0 Å². The monoisotopic (exact) mass is 267 g/mol. The number of aliphatic carboxylic acids is 1.